The number of hydrogen-bond acceptors (Lipinski definition) is 2. The molecule has 0 saturated carbocycles. The molecule has 1 aromatic rings. The Labute approximate surface area is 131 Å². The molecule has 0 aromatic heterocycles. The minimum atomic E-state index is 0.0618. The molecule has 2 nitrogen and oxygen atoms in total. The zero-order valence-electron chi connectivity index (χ0n) is 14.8. The number of nitrogens with zero attached hydrogens (tertiary/aromatic N) is 1. The molecular formula is C19H34N2. The summed E-state index contributed by atoms with van der Waals surface area (Å²) in [5.41, 5.74) is 8.98. The van der Waals surface area contributed by atoms with Gasteiger partial charge in [-0.1, -0.05) is 45.4 Å². The van der Waals surface area contributed by atoms with E-state index in [-0.39, 0.29) is 5.54 Å². The highest BCUT2D eigenvalue weighted by atomic mass is 15.2. The summed E-state index contributed by atoms with van der Waals surface area (Å²) in [5, 5.41) is 0. The van der Waals surface area contributed by atoms with Crippen LogP contribution in [0.2, 0.25) is 0 Å². The fraction of sp³-hybridized carbons (Fsp3) is 0.684. The molecule has 120 valence electrons. The highest BCUT2D eigenvalue weighted by Gasteiger charge is 2.36. The summed E-state index contributed by atoms with van der Waals surface area (Å²) in [7, 11) is 0. The van der Waals surface area contributed by atoms with Crippen LogP contribution in [0.15, 0.2) is 24.3 Å². The normalized spacial score (nSPS) is 12.2. The molecule has 0 unspecified atom stereocenters. The van der Waals surface area contributed by atoms with Crippen LogP contribution in [-0.2, 0) is 0 Å². The third kappa shape index (κ3) is 4.74. The number of nitrogens with two attached hydrogens (primary N) is 1. The molecule has 0 aliphatic carbocycles. The van der Waals surface area contributed by atoms with E-state index < -0.39 is 0 Å². The first-order valence-electron chi connectivity index (χ1n) is 8.39. The number of hydrogen-bond donors (Lipinski definition) is 1. The van der Waals surface area contributed by atoms with E-state index in [1.54, 1.807) is 0 Å². The molecule has 0 radical (unpaired) electrons. The Morgan fingerprint density at radius 1 is 1.00 bits per heavy atom. The molecule has 2 N–H and O–H groups in total. The van der Waals surface area contributed by atoms with Crippen LogP contribution in [-0.4, -0.2) is 18.6 Å². The molecule has 0 atom stereocenters. The second-order valence-corrected chi connectivity index (χ2v) is 7.20. The second-order valence-electron chi connectivity index (χ2n) is 7.20. The maximum Gasteiger partial charge on any atom is 0.0528 e. The smallest absolute Gasteiger partial charge is 0.0528 e. The molecule has 0 aliphatic heterocycles. The van der Waals surface area contributed by atoms with Crippen molar-refractivity contribution >= 4 is 5.69 Å². The topological polar surface area (TPSA) is 29.3 Å². The van der Waals surface area contributed by atoms with Crippen molar-refractivity contribution in [2.75, 3.05) is 18.0 Å². The van der Waals surface area contributed by atoms with Gasteiger partial charge in [0.25, 0.3) is 0 Å². The number of aryl methyl sites for hydroxylation is 1. The van der Waals surface area contributed by atoms with Gasteiger partial charge >= 0.3 is 0 Å². The lowest BCUT2D eigenvalue weighted by molar-refractivity contribution is 0.272. The lowest BCUT2D eigenvalue weighted by Gasteiger charge is -2.47. The third-order valence-corrected chi connectivity index (χ3v) is 4.19. The molecule has 0 spiro atoms. The first kappa shape index (κ1) is 18.0. The van der Waals surface area contributed by atoms with Gasteiger partial charge in [-0.25, -0.2) is 0 Å². The summed E-state index contributed by atoms with van der Waals surface area (Å²) < 4.78 is 0. The van der Waals surface area contributed by atoms with E-state index >= 15 is 0 Å². The predicted octanol–water partition coefficient (Wildman–Crippen LogP) is 4.61. The van der Waals surface area contributed by atoms with Crippen molar-refractivity contribution in [2.45, 2.75) is 59.9 Å². The maximum atomic E-state index is 6.31. The quantitative estimate of drug-likeness (QED) is 0.757. The SMILES string of the molecule is CCN(c1ccc(C)cc1)C(CN)(CC(C)C)CC(C)C. The van der Waals surface area contributed by atoms with Gasteiger partial charge in [0, 0.05) is 18.8 Å². The van der Waals surface area contributed by atoms with Gasteiger partial charge in [0.2, 0.25) is 0 Å². The second kappa shape index (κ2) is 7.84. The number of likely N-dealkylation sites (N-methyl/N-ethyl adjacent to an activating group) is 1. The van der Waals surface area contributed by atoms with Crippen LogP contribution in [0.1, 0.15) is 53.0 Å². The monoisotopic (exact) mass is 290 g/mol. The van der Waals surface area contributed by atoms with Crippen molar-refractivity contribution in [3.8, 4) is 0 Å². The molecule has 1 aromatic carbocycles. The Bertz CT molecular complexity index is 396. The minimum absolute atomic E-state index is 0.0618. The van der Waals surface area contributed by atoms with E-state index in [1.165, 1.54) is 11.3 Å². The lowest BCUT2D eigenvalue weighted by atomic mass is 9.80. The number of benzene rings is 1. The minimum Gasteiger partial charge on any atom is -0.365 e. The molecule has 0 aliphatic rings. The summed E-state index contributed by atoms with van der Waals surface area (Å²) in [6, 6.07) is 8.88. The maximum absolute atomic E-state index is 6.31. The molecular weight excluding hydrogens is 256 g/mol. The number of anilines is 1. The molecule has 21 heavy (non-hydrogen) atoms. The van der Waals surface area contributed by atoms with Crippen LogP contribution >= 0.6 is 0 Å². The van der Waals surface area contributed by atoms with Crippen molar-refractivity contribution in [1.29, 1.82) is 0 Å². The van der Waals surface area contributed by atoms with Crippen LogP contribution in [0.5, 0.6) is 0 Å². The van der Waals surface area contributed by atoms with Crippen LogP contribution < -0.4 is 10.6 Å². The highest BCUT2D eigenvalue weighted by molar-refractivity contribution is 5.50. The van der Waals surface area contributed by atoms with Crippen LogP contribution in [0.25, 0.3) is 0 Å². The third-order valence-electron chi connectivity index (χ3n) is 4.19. The largest absolute Gasteiger partial charge is 0.365 e. The van der Waals surface area contributed by atoms with E-state index in [4.69, 9.17) is 5.73 Å². The van der Waals surface area contributed by atoms with Gasteiger partial charge in [-0.2, -0.15) is 0 Å². The summed E-state index contributed by atoms with van der Waals surface area (Å²) >= 11 is 0. The summed E-state index contributed by atoms with van der Waals surface area (Å²) in [5.74, 6) is 1.29. The lowest BCUT2D eigenvalue weighted by Crippen LogP contribution is -2.55. The van der Waals surface area contributed by atoms with Crippen molar-refractivity contribution in [1.82, 2.24) is 0 Å². The van der Waals surface area contributed by atoms with Crippen molar-refractivity contribution in [3.05, 3.63) is 29.8 Å². The van der Waals surface area contributed by atoms with Gasteiger partial charge in [-0.05, 0) is 50.7 Å². The Kier molecular flexibility index (Phi) is 6.73. The van der Waals surface area contributed by atoms with Gasteiger partial charge in [0.1, 0.15) is 0 Å². The van der Waals surface area contributed by atoms with Gasteiger partial charge < -0.3 is 10.6 Å². The Hall–Kier alpha value is -1.02. The molecule has 0 heterocycles. The van der Waals surface area contributed by atoms with Crippen LogP contribution in [0, 0.1) is 18.8 Å². The molecule has 0 saturated heterocycles. The van der Waals surface area contributed by atoms with E-state index in [0.29, 0.717) is 18.4 Å². The Morgan fingerprint density at radius 3 is 1.81 bits per heavy atom. The Morgan fingerprint density at radius 2 is 1.48 bits per heavy atom. The van der Waals surface area contributed by atoms with Crippen LogP contribution in [0.4, 0.5) is 5.69 Å². The van der Waals surface area contributed by atoms with Gasteiger partial charge in [0.05, 0.1) is 5.54 Å². The molecule has 1 rings (SSSR count). The summed E-state index contributed by atoms with van der Waals surface area (Å²) in [6.07, 6.45) is 2.28. The average molecular weight is 290 g/mol. The first-order valence-corrected chi connectivity index (χ1v) is 8.39. The van der Waals surface area contributed by atoms with Crippen LogP contribution in [0.3, 0.4) is 0 Å². The zero-order chi connectivity index (χ0) is 16.0. The van der Waals surface area contributed by atoms with Crippen molar-refractivity contribution < 1.29 is 0 Å². The molecule has 0 bridgehead atoms. The van der Waals surface area contributed by atoms with Crippen molar-refractivity contribution in [2.24, 2.45) is 17.6 Å². The van der Waals surface area contributed by atoms with E-state index in [1.807, 2.05) is 0 Å². The fourth-order valence-electron chi connectivity index (χ4n) is 3.62. The van der Waals surface area contributed by atoms with E-state index in [0.717, 1.165) is 19.4 Å². The first-order chi connectivity index (χ1) is 9.84. The Balaban J connectivity index is 3.20. The number of rotatable bonds is 8. The zero-order valence-corrected chi connectivity index (χ0v) is 14.8. The molecule has 0 fully saturated rings. The molecule has 0 amide bonds. The molecule has 2 heteroatoms. The van der Waals surface area contributed by atoms with Gasteiger partial charge in [0.15, 0.2) is 0 Å². The standard InChI is InChI=1S/C19H34N2/c1-7-21(18-10-8-17(6)9-11-18)19(14-20,12-15(2)3)13-16(4)5/h8-11,15-16H,7,12-14,20H2,1-6H3. The van der Waals surface area contributed by atoms with E-state index in [9.17, 15) is 0 Å². The van der Waals surface area contributed by atoms with Gasteiger partial charge in [-0.3, -0.25) is 0 Å². The summed E-state index contributed by atoms with van der Waals surface area (Å²) in [4.78, 5) is 2.53. The van der Waals surface area contributed by atoms with Crippen molar-refractivity contribution in [3.63, 3.8) is 0 Å². The van der Waals surface area contributed by atoms with Gasteiger partial charge in [-0.15, -0.1) is 0 Å². The fourth-order valence-corrected chi connectivity index (χ4v) is 3.62. The predicted molar refractivity (Wildman–Crippen MR) is 94.9 cm³/mol. The van der Waals surface area contributed by atoms with E-state index in [2.05, 4.69) is 70.7 Å². The average Bonchev–Trinajstić information content (AvgIpc) is 2.40. The summed E-state index contributed by atoms with van der Waals surface area (Å²) in [6.45, 7) is 15.3. The highest BCUT2D eigenvalue weighted by Crippen LogP contribution is 2.34.